The molecular weight excluding hydrogens is 238 g/mol. The van der Waals surface area contributed by atoms with Gasteiger partial charge in [0.25, 0.3) is 0 Å². The summed E-state index contributed by atoms with van der Waals surface area (Å²) < 4.78 is 5.30. The van der Waals surface area contributed by atoms with Crippen molar-refractivity contribution < 1.29 is 9.53 Å². The van der Waals surface area contributed by atoms with Crippen LogP contribution < -0.4 is 5.32 Å². The van der Waals surface area contributed by atoms with Crippen LogP contribution in [0, 0.1) is 0 Å². The second-order valence-corrected chi connectivity index (χ2v) is 4.85. The molecule has 1 N–H and O–H groups in total. The van der Waals surface area contributed by atoms with Gasteiger partial charge in [0, 0.05) is 6.04 Å². The number of esters is 1. The van der Waals surface area contributed by atoms with Gasteiger partial charge in [-0.3, -0.25) is 4.79 Å². The van der Waals surface area contributed by atoms with Crippen LogP contribution in [0.5, 0.6) is 0 Å². The molecule has 0 aromatic heterocycles. The summed E-state index contributed by atoms with van der Waals surface area (Å²) >= 11 is 0. The molecule has 0 radical (unpaired) electrons. The first kappa shape index (κ1) is 13.8. The quantitative estimate of drug-likeness (QED) is 0.666. The predicted molar refractivity (Wildman–Crippen MR) is 76.0 cm³/mol. The van der Waals surface area contributed by atoms with Crippen molar-refractivity contribution in [1.29, 1.82) is 0 Å². The van der Waals surface area contributed by atoms with Crippen molar-refractivity contribution in [2.24, 2.45) is 0 Å². The Bertz CT molecular complexity index is 455. The van der Waals surface area contributed by atoms with E-state index in [1.807, 2.05) is 50.4 Å². The van der Waals surface area contributed by atoms with Crippen molar-refractivity contribution in [3.8, 4) is 0 Å². The van der Waals surface area contributed by atoms with Crippen molar-refractivity contribution in [1.82, 2.24) is 5.32 Å². The van der Waals surface area contributed by atoms with E-state index in [0.717, 1.165) is 18.4 Å². The molecule has 0 amide bonds. The zero-order valence-corrected chi connectivity index (χ0v) is 11.6. The Morgan fingerprint density at radius 2 is 2.16 bits per heavy atom. The van der Waals surface area contributed by atoms with Gasteiger partial charge in [-0.15, -0.1) is 0 Å². The molecule has 0 bridgehead atoms. The van der Waals surface area contributed by atoms with Crippen molar-refractivity contribution in [3.63, 3.8) is 0 Å². The van der Waals surface area contributed by atoms with Crippen LogP contribution in [0.4, 0.5) is 0 Å². The van der Waals surface area contributed by atoms with Gasteiger partial charge in [0.05, 0.1) is 6.61 Å². The monoisotopic (exact) mass is 259 g/mol. The number of hydrogen-bond donors (Lipinski definition) is 1. The third-order valence-corrected chi connectivity index (χ3v) is 3.76. The van der Waals surface area contributed by atoms with E-state index in [2.05, 4.69) is 11.4 Å². The molecule has 1 aromatic rings. The smallest absolute Gasteiger partial charge is 0.320 e. The first-order chi connectivity index (χ1) is 9.23. The second-order valence-electron chi connectivity index (χ2n) is 4.85. The topological polar surface area (TPSA) is 38.3 Å². The van der Waals surface area contributed by atoms with Crippen LogP contribution in [-0.2, 0) is 14.9 Å². The molecule has 3 heteroatoms. The zero-order valence-electron chi connectivity index (χ0n) is 11.6. The molecule has 1 aliphatic carbocycles. The number of hydrogen-bond acceptors (Lipinski definition) is 3. The van der Waals surface area contributed by atoms with Gasteiger partial charge >= 0.3 is 5.97 Å². The highest BCUT2D eigenvalue weighted by Crippen LogP contribution is 2.36. The number of benzene rings is 1. The summed E-state index contributed by atoms with van der Waals surface area (Å²) in [5, 5.41) is 3.23. The van der Waals surface area contributed by atoms with E-state index >= 15 is 0 Å². The van der Waals surface area contributed by atoms with Crippen LogP contribution in [0.1, 0.15) is 25.3 Å². The van der Waals surface area contributed by atoms with Crippen LogP contribution in [0.3, 0.4) is 0 Å². The van der Waals surface area contributed by atoms with E-state index in [4.69, 9.17) is 4.74 Å². The Kier molecular flexibility index (Phi) is 4.38. The lowest BCUT2D eigenvalue weighted by molar-refractivity contribution is -0.148. The SMILES string of the molecule is CCOC(=O)C1(c2ccccc2)C=CC(NC)CC1. The molecule has 0 spiro atoms. The maximum Gasteiger partial charge on any atom is 0.320 e. The third kappa shape index (κ3) is 2.71. The maximum atomic E-state index is 12.4. The summed E-state index contributed by atoms with van der Waals surface area (Å²) in [6.07, 6.45) is 5.79. The van der Waals surface area contributed by atoms with Crippen LogP contribution in [0.15, 0.2) is 42.5 Å². The lowest BCUT2D eigenvalue weighted by Crippen LogP contribution is -2.41. The summed E-state index contributed by atoms with van der Waals surface area (Å²) in [7, 11) is 1.94. The average Bonchev–Trinajstić information content (AvgIpc) is 2.48. The Morgan fingerprint density at radius 1 is 1.42 bits per heavy atom. The molecule has 19 heavy (non-hydrogen) atoms. The van der Waals surface area contributed by atoms with Gasteiger partial charge in [-0.05, 0) is 32.4 Å². The minimum atomic E-state index is -0.620. The van der Waals surface area contributed by atoms with Gasteiger partial charge in [0.2, 0.25) is 0 Å². The summed E-state index contributed by atoms with van der Waals surface area (Å²) in [4.78, 5) is 12.4. The Hall–Kier alpha value is -1.61. The highest BCUT2D eigenvalue weighted by Gasteiger charge is 2.41. The largest absolute Gasteiger partial charge is 0.465 e. The minimum absolute atomic E-state index is 0.146. The number of nitrogens with one attached hydrogen (secondary N) is 1. The molecule has 2 unspecified atom stereocenters. The van der Waals surface area contributed by atoms with Gasteiger partial charge in [0.15, 0.2) is 0 Å². The van der Waals surface area contributed by atoms with E-state index in [1.165, 1.54) is 0 Å². The van der Waals surface area contributed by atoms with Crippen LogP contribution in [-0.4, -0.2) is 25.7 Å². The second kappa shape index (κ2) is 6.02. The molecular formula is C16H21NO2. The van der Waals surface area contributed by atoms with E-state index in [0.29, 0.717) is 12.6 Å². The number of carbonyl (C=O) groups is 1. The fourth-order valence-corrected chi connectivity index (χ4v) is 2.61. The molecule has 0 saturated carbocycles. The van der Waals surface area contributed by atoms with Gasteiger partial charge in [-0.2, -0.15) is 0 Å². The number of ether oxygens (including phenoxy) is 1. The first-order valence-electron chi connectivity index (χ1n) is 6.82. The van der Waals surface area contributed by atoms with Gasteiger partial charge in [0.1, 0.15) is 5.41 Å². The third-order valence-electron chi connectivity index (χ3n) is 3.76. The molecule has 1 aliphatic rings. The fraction of sp³-hybridized carbons (Fsp3) is 0.438. The molecule has 102 valence electrons. The lowest BCUT2D eigenvalue weighted by atomic mass is 9.72. The normalized spacial score (nSPS) is 26.1. The molecule has 0 heterocycles. The molecule has 3 nitrogen and oxygen atoms in total. The number of carbonyl (C=O) groups excluding carboxylic acids is 1. The van der Waals surface area contributed by atoms with Gasteiger partial charge in [-0.25, -0.2) is 0 Å². The van der Waals surface area contributed by atoms with E-state index < -0.39 is 5.41 Å². The summed E-state index contributed by atoms with van der Waals surface area (Å²) in [6.45, 7) is 2.26. The molecule has 2 atom stereocenters. The summed E-state index contributed by atoms with van der Waals surface area (Å²) in [5.74, 6) is -0.146. The summed E-state index contributed by atoms with van der Waals surface area (Å²) in [6, 6.07) is 10.2. The van der Waals surface area contributed by atoms with Crippen LogP contribution >= 0.6 is 0 Å². The average molecular weight is 259 g/mol. The zero-order chi connectivity index (χ0) is 13.7. The Morgan fingerprint density at radius 3 is 2.68 bits per heavy atom. The van der Waals surface area contributed by atoms with Crippen molar-refractivity contribution in [2.75, 3.05) is 13.7 Å². The lowest BCUT2D eigenvalue weighted by Gasteiger charge is -2.33. The predicted octanol–water partition coefficient (Wildman–Crippen LogP) is 2.43. The molecule has 0 saturated heterocycles. The van der Waals surface area contributed by atoms with Crippen LogP contribution in [0.25, 0.3) is 0 Å². The van der Waals surface area contributed by atoms with Crippen molar-refractivity contribution in [2.45, 2.75) is 31.2 Å². The van der Waals surface area contributed by atoms with E-state index in [1.54, 1.807) is 0 Å². The summed E-state index contributed by atoms with van der Waals surface area (Å²) in [5.41, 5.74) is 0.393. The molecule has 2 rings (SSSR count). The Labute approximate surface area is 114 Å². The van der Waals surface area contributed by atoms with Crippen molar-refractivity contribution >= 4 is 5.97 Å². The number of likely N-dealkylation sites (N-methyl/N-ethyl adjacent to an activating group) is 1. The van der Waals surface area contributed by atoms with Gasteiger partial charge < -0.3 is 10.1 Å². The minimum Gasteiger partial charge on any atom is -0.465 e. The van der Waals surface area contributed by atoms with E-state index in [-0.39, 0.29) is 5.97 Å². The molecule has 1 aromatic carbocycles. The Balaban J connectivity index is 2.38. The molecule has 0 fully saturated rings. The highest BCUT2D eigenvalue weighted by atomic mass is 16.5. The van der Waals surface area contributed by atoms with Crippen molar-refractivity contribution in [3.05, 3.63) is 48.0 Å². The highest BCUT2D eigenvalue weighted by molar-refractivity contribution is 5.86. The maximum absolute atomic E-state index is 12.4. The number of rotatable bonds is 4. The standard InChI is InChI=1S/C16H21NO2/c1-3-19-15(18)16(13-7-5-4-6-8-13)11-9-14(17-2)10-12-16/h4-9,11,14,17H,3,10,12H2,1-2H3. The molecule has 0 aliphatic heterocycles. The fourth-order valence-electron chi connectivity index (χ4n) is 2.61. The van der Waals surface area contributed by atoms with E-state index in [9.17, 15) is 4.79 Å². The van der Waals surface area contributed by atoms with Gasteiger partial charge in [-0.1, -0.05) is 42.5 Å². The van der Waals surface area contributed by atoms with Crippen LogP contribution in [0.2, 0.25) is 0 Å². The first-order valence-corrected chi connectivity index (χ1v) is 6.82.